The third-order valence-electron chi connectivity index (χ3n) is 6.08. The predicted octanol–water partition coefficient (Wildman–Crippen LogP) is 6.41. The number of nitrogens with one attached hydrogen (secondary N) is 1. The van der Waals surface area contributed by atoms with Crippen LogP contribution < -0.4 is 24.3 Å². The van der Waals surface area contributed by atoms with Crippen LogP contribution in [0.15, 0.2) is 72.8 Å². The molecule has 0 aliphatic heterocycles. The van der Waals surface area contributed by atoms with E-state index in [1.54, 1.807) is 14.2 Å². The normalized spacial score (nSPS) is 10.1. The summed E-state index contributed by atoms with van der Waals surface area (Å²) in [5, 5.41) is 22.6. The fourth-order valence-electron chi connectivity index (χ4n) is 3.66. The van der Waals surface area contributed by atoms with Crippen LogP contribution in [-0.2, 0) is 18.0 Å². The van der Waals surface area contributed by atoms with E-state index in [9.17, 15) is 19.8 Å². The summed E-state index contributed by atoms with van der Waals surface area (Å²) in [6, 6.07) is 20.0. The van der Waals surface area contributed by atoms with Crippen molar-refractivity contribution in [3.8, 4) is 34.5 Å². The Morgan fingerprint density at radius 2 is 1.09 bits per heavy atom. The van der Waals surface area contributed by atoms with Crippen molar-refractivity contribution in [2.45, 2.75) is 13.2 Å². The van der Waals surface area contributed by atoms with Gasteiger partial charge >= 0.3 is 5.97 Å². The molecule has 0 aliphatic rings. The van der Waals surface area contributed by atoms with Crippen LogP contribution in [-0.4, -0.2) is 50.5 Å². The van der Waals surface area contributed by atoms with Gasteiger partial charge in [0.2, 0.25) is 0 Å². The van der Waals surface area contributed by atoms with E-state index in [0.717, 1.165) is 22.6 Å². The molecule has 4 aromatic rings. The van der Waals surface area contributed by atoms with Gasteiger partial charge in [-0.25, -0.2) is 4.79 Å². The number of esters is 1. The highest BCUT2D eigenvalue weighted by Gasteiger charge is 2.16. The maximum absolute atomic E-state index is 11.6. The second-order valence-electron chi connectivity index (χ2n) is 8.94. The Bertz CT molecular complexity index is 1460. The molecule has 0 aliphatic carbocycles. The van der Waals surface area contributed by atoms with E-state index in [-0.39, 0.29) is 51.6 Å². The van der Waals surface area contributed by atoms with E-state index < -0.39 is 11.9 Å². The summed E-state index contributed by atoms with van der Waals surface area (Å²) in [7, 11) is 5.90. The van der Waals surface area contributed by atoms with Crippen LogP contribution in [0.1, 0.15) is 31.8 Å². The third-order valence-corrected chi connectivity index (χ3v) is 6.67. The Hall–Kier alpha value is -4.80. The Kier molecular flexibility index (Phi) is 12.4. The Balaban J connectivity index is 0.000000240. The predicted molar refractivity (Wildman–Crippen MR) is 166 cm³/mol. The van der Waals surface area contributed by atoms with Gasteiger partial charge in [-0.05, 0) is 47.5 Å². The molecular formula is C32H31Cl2NO9. The molecule has 3 N–H and O–H groups in total. The maximum atomic E-state index is 11.6. The lowest BCUT2D eigenvalue weighted by Gasteiger charge is -2.11. The summed E-state index contributed by atoms with van der Waals surface area (Å²) in [4.78, 5) is 23.0. The Morgan fingerprint density at radius 3 is 1.48 bits per heavy atom. The van der Waals surface area contributed by atoms with E-state index in [1.807, 2.05) is 48.5 Å². The van der Waals surface area contributed by atoms with Crippen molar-refractivity contribution in [2.75, 3.05) is 28.4 Å². The van der Waals surface area contributed by atoms with E-state index in [0.29, 0.717) is 5.75 Å². The number of rotatable bonds is 10. The fourth-order valence-corrected chi connectivity index (χ4v) is 4.10. The van der Waals surface area contributed by atoms with Gasteiger partial charge in [-0.3, -0.25) is 4.79 Å². The van der Waals surface area contributed by atoms with Crippen molar-refractivity contribution in [3.63, 3.8) is 0 Å². The van der Waals surface area contributed by atoms with Crippen LogP contribution in [0.25, 0.3) is 0 Å². The molecule has 0 saturated heterocycles. The largest absolute Gasteiger partial charge is 0.507 e. The number of carbonyl (C=O) groups is 2. The molecule has 4 rings (SSSR count). The van der Waals surface area contributed by atoms with E-state index >= 15 is 0 Å². The monoisotopic (exact) mass is 643 g/mol. The molecule has 1 amide bonds. The lowest BCUT2D eigenvalue weighted by Crippen LogP contribution is -2.17. The highest BCUT2D eigenvalue weighted by molar-refractivity contribution is 6.33. The Labute approximate surface area is 264 Å². The van der Waals surface area contributed by atoms with E-state index in [2.05, 4.69) is 10.1 Å². The summed E-state index contributed by atoms with van der Waals surface area (Å²) in [5.74, 6) is 0.582. The van der Waals surface area contributed by atoms with Gasteiger partial charge in [-0.15, -0.1) is 0 Å². The number of aromatic hydroxyl groups is 2. The molecule has 12 heteroatoms. The van der Waals surface area contributed by atoms with Gasteiger partial charge in [0, 0.05) is 19.2 Å². The number of phenols is 2. The van der Waals surface area contributed by atoms with Crippen LogP contribution >= 0.6 is 23.2 Å². The number of methoxy groups -OCH3 is 3. The molecule has 0 bridgehead atoms. The number of ether oxygens (including phenoxy) is 5. The van der Waals surface area contributed by atoms with Crippen molar-refractivity contribution in [1.29, 1.82) is 0 Å². The van der Waals surface area contributed by atoms with Crippen molar-refractivity contribution < 1.29 is 43.5 Å². The number of carbonyl (C=O) groups excluding carboxylic acids is 2. The first-order chi connectivity index (χ1) is 21.1. The molecule has 4 aromatic carbocycles. The van der Waals surface area contributed by atoms with Crippen LogP contribution in [0.3, 0.4) is 0 Å². The molecule has 0 unspecified atom stereocenters. The summed E-state index contributed by atoms with van der Waals surface area (Å²) >= 11 is 12.1. The topological polar surface area (TPSA) is 133 Å². The Morgan fingerprint density at radius 1 is 0.682 bits per heavy atom. The fraction of sp³-hybridized carbons (Fsp3) is 0.188. The smallest absolute Gasteiger partial charge is 0.341 e. The van der Waals surface area contributed by atoms with E-state index in [4.69, 9.17) is 42.1 Å². The molecular weight excluding hydrogens is 613 g/mol. The standard InChI is InChI=1S/C16H16ClNO4.C16H15ClO5/c1-18-16(20)12-7-13(17)15(8-14(12)19)22-9-10-3-5-11(21-2)6-4-10;1-20-11-5-3-10(4-6-11)9-22-15-8-14(18)12(7-13(15)17)16(19)21-2/h3-8,19H,9H2,1-2H3,(H,18,20);3-8,18H,9H2,1-2H3. The van der Waals surface area contributed by atoms with Gasteiger partial charge in [-0.2, -0.15) is 0 Å². The van der Waals surface area contributed by atoms with Crippen molar-refractivity contribution in [3.05, 3.63) is 105 Å². The molecule has 10 nitrogen and oxygen atoms in total. The van der Waals surface area contributed by atoms with Gasteiger partial charge in [0.25, 0.3) is 5.91 Å². The van der Waals surface area contributed by atoms with Crippen LogP contribution in [0, 0.1) is 0 Å². The minimum Gasteiger partial charge on any atom is -0.507 e. The third kappa shape index (κ3) is 9.10. The average molecular weight is 645 g/mol. The molecule has 232 valence electrons. The first kappa shape index (κ1) is 33.7. The molecule has 0 saturated carbocycles. The van der Waals surface area contributed by atoms with Gasteiger partial charge in [-0.1, -0.05) is 47.5 Å². The number of amides is 1. The summed E-state index contributed by atoms with van der Waals surface area (Å²) in [6.45, 7) is 0.545. The van der Waals surface area contributed by atoms with Crippen LogP contribution in [0.2, 0.25) is 10.0 Å². The molecule has 0 spiro atoms. The zero-order valence-electron chi connectivity index (χ0n) is 24.4. The average Bonchev–Trinajstić information content (AvgIpc) is 3.05. The van der Waals surface area contributed by atoms with Crippen LogP contribution in [0.5, 0.6) is 34.5 Å². The molecule has 44 heavy (non-hydrogen) atoms. The molecule has 0 radical (unpaired) electrons. The summed E-state index contributed by atoms with van der Waals surface area (Å²) < 4.78 is 25.8. The zero-order chi connectivity index (χ0) is 32.2. The number of hydrogen-bond acceptors (Lipinski definition) is 9. The molecule has 0 fully saturated rings. The maximum Gasteiger partial charge on any atom is 0.341 e. The molecule has 0 aromatic heterocycles. The first-order valence-electron chi connectivity index (χ1n) is 13.0. The van der Waals surface area contributed by atoms with E-state index in [1.165, 1.54) is 38.4 Å². The minimum absolute atomic E-state index is 0.00991. The number of phenolic OH excluding ortho intramolecular Hbond substituents is 2. The lowest BCUT2D eigenvalue weighted by atomic mass is 10.1. The summed E-state index contributed by atoms with van der Waals surface area (Å²) in [6.07, 6.45) is 0. The van der Waals surface area contributed by atoms with Crippen LogP contribution in [0.4, 0.5) is 0 Å². The zero-order valence-corrected chi connectivity index (χ0v) is 25.9. The summed E-state index contributed by atoms with van der Waals surface area (Å²) in [5.41, 5.74) is 1.92. The van der Waals surface area contributed by atoms with Gasteiger partial charge in [0.1, 0.15) is 53.3 Å². The minimum atomic E-state index is -0.666. The van der Waals surface area contributed by atoms with Crippen molar-refractivity contribution in [2.24, 2.45) is 0 Å². The van der Waals surface area contributed by atoms with Crippen molar-refractivity contribution >= 4 is 35.1 Å². The lowest BCUT2D eigenvalue weighted by molar-refractivity contribution is 0.0597. The highest BCUT2D eigenvalue weighted by Crippen LogP contribution is 2.34. The van der Waals surface area contributed by atoms with Crippen molar-refractivity contribution in [1.82, 2.24) is 5.32 Å². The second kappa shape index (κ2) is 16.2. The first-order valence-corrected chi connectivity index (χ1v) is 13.7. The van der Waals surface area contributed by atoms with Gasteiger partial charge in [0.15, 0.2) is 0 Å². The molecule has 0 heterocycles. The molecule has 0 atom stereocenters. The number of benzene rings is 4. The SMILES string of the molecule is CNC(=O)c1cc(Cl)c(OCc2ccc(OC)cc2)cc1O.COC(=O)c1cc(Cl)c(OCc2ccc(OC)cc2)cc1O. The number of hydrogen-bond donors (Lipinski definition) is 3. The number of halogens is 2. The van der Waals surface area contributed by atoms with Gasteiger partial charge in [0.05, 0.1) is 36.9 Å². The quantitative estimate of drug-likeness (QED) is 0.168. The highest BCUT2D eigenvalue weighted by atomic mass is 35.5. The van der Waals surface area contributed by atoms with Gasteiger partial charge < -0.3 is 39.2 Å². The second-order valence-corrected chi connectivity index (χ2v) is 9.76.